The van der Waals surface area contributed by atoms with Crippen LogP contribution in [0.3, 0.4) is 0 Å². The molecule has 0 spiro atoms. The number of hydrogen-bond donors (Lipinski definition) is 1. The maximum absolute atomic E-state index is 6.11. The lowest BCUT2D eigenvalue weighted by Crippen LogP contribution is -2.48. The molecule has 0 amide bonds. The van der Waals surface area contributed by atoms with Crippen LogP contribution in [-0.4, -0.2) is 36.1 Å². The van der Waals surface area contributed by atoms with Crippen LogP contribution in [0.1, 0.15) is 17.2 Å². The molecule has 1 aliphatic heterocycles. The summed E-state index contributed by atoms with van der Waals surface area (Å²) < 4.78 is 0. The van der Waals surface area contributed by atoms with E-state index in [0.717, 1.165) is 37.7 Å². The third-order valence-electron chi connectivity index (χ3n) is 5.03. The first-order chi connectivity index (χ1) is 12.8. The van der Waals surface area contributed by atoms with Crippen LogP contribution in [0.25, 0.3) is 0 Å². The number of nitrogens with zero attached hydrogens (tertiary/aromatic N) is 3. The molecule has 2 N–H and O–H groups in total. The first-order valence-electron chi connectivity index (χ1n) is 9.12. The van der Waals surface area contributed by atoms with Crippen LogP contribution >= 0.6 is 0 Å². The van der Waals surface area contributed by atoms with Crippen molar-refractivity contribution in [3.63, 3.8) is 0 Å². The number of rotatable bonds is 4. The SMILES string of the molecule is Nc1cccnc1N1CCN(C(c2ccccc2)c2ccccc2)CC1. The van der Waals surface area contributed by atoms with Crippen LogP contribution in [0, 0.1) is 0 Å². The van der Waals surface area contributed by atoms with Gasteiger partial charge in [0.1, 0.15) is 0 Å². The third kappa shape index (κ3) is 3.41. The van der Waals surface area contributed by atoms with Crippen LogP contribution in [0.2, 0.25) is 0 Å². The van der Waals surface area contributed by atoms with Gasteiger partial charge in [-0.05, 0) is 23.3 Å². The Morgan fingerprint density at radius 2 is 1.31 bits per heavy atom. The number of nitrogens with two attached hydrogens (primary N) is 1. The van der Waals surface area contributed by atoms with Gasteiger partial charge in [0.15, 0.2) is 5.82 Å². The van der Waals surface area contributed by atoms with Gasteiger partial charge in [-0.15, -0.1) is 0 Å². The number of anilines is 2. The Morgan fingerprint density at radius 3 is 1.85 bits per heavy atom. The highest BCUT2D eigenvalue weighted by molar-refractivity contribution is 5.62. The van der Waals surface area contributed by atoms with Crippen molar-refractivity contribution in [2.45, 2.75) is 6.04 Å². The third-order valence-corrected chi connectivity index (χ3v) is 5.03. The molecule has 26 heavy (non-hydrogen) atoms. The van der Waals surface area contributed by atoms with Gasteiger partial charge < -0.3 is 10.6 Å². The molecule has 0 aliphatic carbocycles. The summed E-state index contributed by atoms with van der Waals surface area (Å²) in [6.07, 6.45) is 1.81. The standard InChI is InChI=1S/C22H24N4/c23-20-12-7-13-24-22(20)26-16-14-25(15-17-26)21(18-8-3-1-4-9-18)19-10-5-2-6-11-19/h1-13,21H,14-17,23H2. The molecule has 0 saturated carbocycles. The van der Waals surface area contributed by atoms with Crippen molar-refractivity contribution in [2.24, 2.45) is 0 Å². The lowest BCUT2D eigenvalue weighted by Gasteiger charge is -2.40. The Balaban J connectivity index is 1.56. The topological polar surface area (TPSA) is 45.4 Å². The lowest BCUT2D eigenvalue weighted by molar-refractivity contribution is 0.212. The van der Waals surface area contributed by atoms with E-state index >= 15 is 0 Å². The average Bonchev–Trinajstić information content (AvgIpc) is 2.71. The first-order valence-corrected chi connectivity index (χ1v) is 9.12. The highest BCUT2D eigenvalue weighted by Crippen LogP contribution is 2.30. The van der Waals surface area contributed by atoms with Gasteiger partial charge in [0.2, 0.25) is 0 Å². The van der Waals surface area contributed by atoms with Crippen molar-refractivity contribution in [3.8, 4) is 0 Å². The maximum atomic E-state index is 6.11. The Kier molecular flexibility index (Phi) is 4.84. The van der Waals surface area contributed by atoms with Gasteiger partial charge in [0.25, 0.3) is 0 Å². The summed E-state index contributed by atoms with van der Waals surface area (Å²) in [6, 6.07) is 25.6. The molecule has 2 aromatic carbocycles. The van der Waals surface area contributed by atoms with Crippen molar-refractivity contribution >= 4 is 11.5 Å². The van der Waals surface area contributed by atoms with Gasteiger partial charge in [-0.2, -0.15) is 0 Å². The van der Waals surface area contributed by atoms with Crippen LogP contribution < -0.4 is 10.6 Å². The van der Waals surface area contributed by atoms with Crippen molar-refractivity contribution in [2.75, 3.05) is 36.8 Å². The van der Waals surface area contributed by atoms with Crippen molar-refractivity contribution in [1.82, 2.24) is 9.88 Å². The van der Waals surface area contributed by atoms with Crippen LogP contribution in [0.5, 0.6) is 0 Å². The highest BCUT2D eigenvalue weighted by Gasteiger charge is 2.27. The summed E-state index contributed by atoms with van der Waals surface area (Å²) in [5, 5.41) is 0. The van der Waals surface area contributed by atoms with E-state index in [2.05, 4.69) is 75.4 Å². The molecule has 0 bridgehead atoms. The number of hydrogen-bond acceptors (Lipinski definition) is 4. The summed E-state index contributed by atoms with van der Waals surface area (Å²) in [6.45, 7) is 3.81. The first kappa shape index (κ1) is 16.6. The quantitative estimate of drug-likeness (QED) is 0.786. The summed E-state index contributed by atoms with van der Waals surface area (Å²) in [4.78, 5) is 9.32. The second-order valence-electron chi connectivity index (χ2n) is 6.66. The zero-order valence-corrected chi connectivity index (χ0v) is 14.8. The fraction of sp³-hybridized carbons (Fsp3) is 0.227. The van der Waals surface area contributed by atoms with Crippen molar-refractivity contribution in [3.05, 3.63) is 90.1 Å². The van der Waals surface area contributed by atoms with Gasteiger partial charge in [0, 0.05) is 32.4 Å². The zero-order valence-electron chi connectivity index (χ0n) is 14.8. The Hall–Kier alpha value is -2.85. The number of pyridine rings is 1. The minimum absolute atomic E-state index is 0.278. The molecule has 1 saturated heterocycles. The van der Waals surface area contributed by atoms with E-state index in [1.165, 1.54) is 11.1 Å². The second kappa shape index (κ2) is 7.58. The van der Waals surface area contributed by atoms with Gasteiger partial charge in [-0.1, -0.05) is 60.7 Å². The molecule has 2 heterocycles. The fourth-order valence-corrected chi connectivity index (χ4v) is 3.75. The molecule has 4 nitrogen and oxygen atoms in total. The summed E-state index contributed by atoms with van der Waals surface area (Å²) in [5.74, 6) is 0.906. The monoisotopic (exact) mass is 344 g/mol. The Labute approximate surface area is 154 Å². The molecule has 0 atom stereocenters. The number of piperazine rings is 1. The molecule has 1 aromatic heterocycles. The molecule has 4 rings (SSSR count). The normalized spacial score (nSPS) is 15.3. The van der Waals surface area contributed by atoms with E-state index < -0.39 is 0 Å². The van der Waals surface area contributed by atoms with Crippen molar-refractivity contribution in [1.29, 1.82) is 0 Å². The minimum atomic E-state index is 0.278. The smallest absolute Gasteiger partial charge is 0.151 e. The predicted molar refractivity (Wildman–Crippen MR) is 107 cm³/mol. The van der Waals surface area contributed by atoms with E-state index in [4.69, 9.17) is 5.73 Å². The van der Waals surface area contributed by atoms with E-state index in [-0.39, 0.29) is 6.04 Å². The van der Waals surface area contributed by atoms with Gasteiger partial charge in [0.05, 0.1) is 11.7 Å². The molecule has 4 heteroatoms. The summed E-state index contributed by atoms with van der Waals surface area (Å²) >= 11 is 0. The molecule has 132 valence electrons. The summed E-state index contributed by atoms with van der Waals surface area (Å²) in [5.41, 5.74) is 9.54. The number of aromatic nitrogens is 1. The lowest BCUT2D eigenvalue weighted by atomic mass is 9.96. The van der Waals surface area contributed by atoms with E-state index in [1.54, 1.807) is 0 Å². The van der Waals surface area contributed by atoms with Gasteiger partial charge in [-0.3, -0.25) is 4.90 Å². The highest BCUT2D eigenvalue weighted by atomic mass is 15.3. The average molecular weight is 344 g/mol. The minimum Gasteiger partial charge on any atom is -0.396 e. The van der Waals surface area contributed by atoms with Crippen molar-refractivity contribution < 1.29 is 0 Å². The number of nitrogen functional groups attached to an aromatic ring is 1. The molecular formula is C22H24N4. The zero-order chi connectivity index (χ0) is 17.8. The Bertz CT molecular complexity index is 788. The van der Waals surface area contributed by atoms with Crippen LogP contribution in [0.4, 0.5) is 11.5 Å². The van der Waals surface area contributed by atoms with Crippen LogP contribution in [-0.2, 0) is 0 Å². The van der Waals surface area contributed by atoms with Crippen LogP contribution in [0.15, 0.2) is 79.0 Å². The second-order valence-corrected chi connectivity index (χ2v) is 6.66. The molecule has 0 radical (unpaired) electrons. The molecule has 1 aliphatic rings. The van der Waals surface area contributed by atoms with E-state index in [9.17, 15) is 0 Å². The molecule has 0 unspecified atom stereocenters. The van der Waals surface area contributed by atoms with Gasteiger partial charge >= 0.3 is 0 Å². The Morgan fingerprint density at radius 1 is 0.731 bits per heavy atom. The fourth-order valence-electron chi connectivity index (χ4n) is 3.75. The number of benzene rings is 2. The molecular weight excluding hydrogens is 320 g/mol. The summed E-state index contributed by atoms with van der Waals surface area (Å²) in [7, 11) is 0. The molecule has 1 fully saturated rings. The van der Waals surface area contributed by atoms with E-state index in [0.29, 0.717) is 0 Å². The van der Waals surface area contributed by atoms with E-state index in [1.807, 2.05) is 18.3 Å². The predicted octanol–water partition coefficient (Wildman–Crippen LogP) is 3.58. The largest absolute Gasteiger partial charge is 0.396 e. The maximum Gasteiger partial charge on any atom is 0.151 e. The molecule has 3 aromatic rings. The van der Waals surface area contributed by atoms with Gasteiger partial charge in [-0.25, -0.2) is 4.98 Å².